The van der Waals surface area contributed by atoms with Gasteiger partial charge in [-0.15, -0.1) is 0 Å². The molecule has 110 valence electrons. The molecule has 1 aromatic heterocycles. The second-order valence-electron chi connectivity index (χ2n) is 5.29. The van der Waals surface area contributed by atoms with Crippen molar-refractivity contribution in [3.8, 4) is 0 Å². The Hall–Kier alpha value is -2.18. The highest BCUT2D eigenvalue weighted by atomic mass is 15.3. The summed E-state index contributed by atoms with van der Waals surface area (Å²) in [5.74, 6) is 6.98. The van der Waals surface area contributed by atoms with Gasteiger partial charge < -0.3 is 15.2 Å². The van der Waals surface area contributed by atoms with Crippen molar-refractivity contribution in [2.45, 2.75) is 6.04 Å². The van der Waals surface area contributed by atoms with Crippen LogP contribution in [0.25, 0.3) is 0 Å². The van der Waals surface area contributed by atoms with Gasteiger partial charge in [0.1, 0.15) is 18.0 Å². The van der Waals surface area contributed by atoms with Gasteiger partial charge in [-0.3, -0.25) is 0 Å². The van der Waals surface area contributed by atoms with Gasteiger partial charge >= 0.3 is 0 Å². The number of likely N-dealkylation sites (N-methyl/N-ethyl adjacent to an activating group) is 1. The minimum absolute atomic E-state index is 0.283. The van der Waals surface area contributed by atoms with Crippen molar-refractivity contribution in [3.63, 3.8) is 0 Å². The number of nitrogen functional groups attached to an aromatic ring is 1. The third kappa shape index (κ3) is 2.96. The molecule has 0 bridgehead atoms. The predicted octanol–water partition coefficient (Wildman–Crippen LogP) is 1.26. The Balaban J connectivity index is 1.94. The van der Waals surface area contributed by atoms with Crippen molar-refractivity contribution >= 4 is 11.6 Å². The molecule has 0 saturated carbocycles. The van der Waals surface area contributed by atoms with Crippen LogP contribution in [0, 0.1) is 0 Å². The maximum absolute atomic E-state index is 5.45. The van der Waals surface area contributed by atoms with Crippen molar-refractivity contribution in [1.82, 2.24) is 14.9 Å². The van der Waals surface area contributed by atoms with Crippen LogP contribution in [-0.2, 0) is 0 Å². The molecular formula is C15H20N6. The number of hydrogen-bond acceptors (Lipinski definition) is 6. The quantitative estimate of drug-likeness (QED) is 0.653. The molecule has 1 saturated heterocycles. The molecule has 1 aliphatic heterocycles. The third-order valence-electron chi connectivity index (χ3n) is 3.86. The van der Waals surface area contributed by atoms with Gasteiger partial charge in [0.25, 0.3) is 0 Å². The lowest BCUT2D eigenvalue weighted by Crippen LogP contribution is -2.47. The Morgan fingerprint density at radius 2 is 2.00 bits per heavy atom. The highest BCUT2D eigenvalue weighted by Gasteiger charge is 2.27. The number of hydrazine groups is 1. The van der Waals surface area contributed by atoms with E-state index in [9.17, 15) is 0 Å². The number of nitrogens with one attached hydrogen (secondary N) is 1. The largest absolute Gasteiger partial charge is 0.347 e. The highest BCUT2D eigenvalue weighted by molar-refractivity contribution is 5.50. The Labute approximate surface area is 124 Å². The average molecular weight is 284 g/mol. The molecule has 0 aliphatic carbocycles. The van der Waals surface area contributed by atoms with Crippen LogP contribution in [0.15, 0.2) is 42.7 Å². The van der Waals surface area contributed by atoms with Crippen molar-refractivity contribution in [2.75, 3.05) is 37.0 Å². The minimum atomic E-state index is 0.283. The van der Waals surface area contributed by atoms with Crippen LogP contribution in [0.1, 0.15) is 11.6 Å². The molecule has 1 aromatic carbocycles. The fraction of sp³-hybridized carbons (Fsp3) is 0.333. The monoisotopic (exact) mass is 284 g/mol. The van der Waals surface area contributed by atoms with Crippen LogP contribution >= 0.6 is 0 Å². The summed E-state index contributed by atoms with van der Waals surface area (Å²) in [7, 11) is 2.15. The number of hydrogen-bond donors (Lipinski definition) is 2. The molecular weight excluding hydrogens is 264 g/mol. The van der Waals surface area contributed by atoms with Crippen LogP contribution in [0.2, 0.25) is 0 Å². The van der Waals surface area contributed by atoms with E-state index in [1.807, 2.05) is 12.1 Å². The lowest BCUT2D eigenvalue weighted by Gasteiger charge is -2.41. The van der Waals surface area contributed by atoms with E-state index in [1.54, 1.807) is 6.33 Å². The molecule has 1 unspecified atom stereocenters. The Kier molecular flexibility index (Phi) is 3.98. The summed E-state index contributed by atoms with van der Waals surface area (Å²) in [5.41, 5.74) is 3.88. The number of anilines is 2. The zero-order valence-corrected chi connectivity index (χ0v) is 12.1. The third-order valence-corrected chi connectivity index (χ3v) is 3.86. The number of piperazine rings is 1. The molecule has 1 aliphatic rings. The molecule has 2 heterocycles. The van der Waals surface area contributed by atoms with E-state index in [4.69, 9.17) is 5.84 Å². The van der Waals surface area contributed by atoms with Crippen LogP contribution in [0.5, 0.6) is 0 Å². The Morgan fingerprint density at radius 3 is 2.76 bits per heavy atom. The van der Waals surface area contributed by atoms with Gasteiger partial charge in [0, 0.05) is 25.7 Å². The SMILES string of the molecule is CN1CCN(c2cc(NN)ncn2)C(c2ccccc2)C1. The van der Waals surface area contributed by atoms with E-state index in [1.165, 1.54) is 5.56 Å². The van der Waals surface area contributed by atoms with Gasteiger partial charge in [-0.05, 0) is 12.6 Å². The van der Waals surface area contributed by atoms with Crippen LogP contribution in [0.3, 0.4) is 0 Å². The van der Waals surface area contributed by atoms with Crippen molar-refractivity contribution < 1.29 is 0 Å². The molecule has 0 radical (unpaired) electrons. The van der Waals surface area contributed by atoms with Gasteiger partial charge in [0.05, 0.1) is 6.04 Å². The molecule has 6 heteroatoms. The summed E-state index contributed by atoms with van der Waals surface area (Å²) < 4.78 is 0. The molecule has 0 amide bonds. The summed E-state index contributed by atoms with van der Waals surface area (Å²) in [5, 5.41) is 0. The van der Waals surface area contributed by atoms with Crippen molar-refractivity contribution in [3.05, 3.63) is 48.3 Å². The summed E-state index contributed by atoms with van der Waals surface area (Å²) in [6.45, 7) is 2.91. The fourth-order valence-electron chi connectivity index (χ4n) is 2.74. The summed E-state index contributed by atoms with van der Waals surface area (Å²) >= 11 is 0. The molecule has 1 fully saturated rings. The fourth-order valence-corrected chi connectivity index (χ4v) is 2.74. The highest BCUT2D eigenvalue weighted by Crippen LogP contribution is 2.29. The Morgan fingerprint density at radius 1 is 1.19 bits per heavy atom. The second kappa shape index (κ2) is 6.07. The van der Waals surface area contributed by atoms with Crippen LogP contribution in [0.4, 0.5) is 11.6 Å². The first-order valence-electron chi connectivity index (χ1n) is 7.06. The number of nitrogens with two attached hydrogens (primary N) is 1. The van der Waals surface area contributed by atoms with E-state index in [-0.39, 0.29) is 6.04 Å². The number of nitrogens with zero attached hydrogens (tertiary/aromatic N) is 4. The van der Waals surface area contributed by atoms with Gasteiger partial charge in [0.2, 0.25) is 0 Å². The molecule has 3 N–H and O–H groups in total. The summed E-state index contributed by atoms with van der Waals surface area (Å²) in [4.78, 5) is 13.2. The second-order valence-corrected chi connectivity index (χ2v) is 5.29. The summed E-state index contributed by atoms with van der Waals surface area (Å²) in [6, 6.07) is 12.7. The number of benzene rings is 1. The molecule has 0 spiro atoms. The number of rotatable bonds is 3. The van der Waals surface area contributed by atoms with Crippen molar-refractivity contribution in [2.24, 2.45) is 5.84 Å². The van der Waals surface area contributed by atoms with Crippen LogP contribution < -0.4 is 16.2 Å². The van der Waals surface area contributed by atoms with Gasteiger partial charge in [-0.25, -0.2) is 15.8 Å². The predicted molar refractivity (Wildman–Crippen MR) is 83.9 cm³/mol. The maximum atomic E-state index is 5.45. The zero-order chi connectivity index (χ0) is 14.7. The normalized spacial score (nSPS) is 19.5. The number of aromatic nitrogens is 2. The molecule has 21 heavy (non-hydrogen) atoms. The topological polar surface area (TPSA) is 70.3 Å². The molecule has 1 atom stereocenters. The average Bonchev–Trinajstić information content (AvgIpc) is 2.55. The van der Waals surface area contributed by atoms with E-state index >= 15 is 0 Å². The van der Waals surface area contributed by atoms with E-state index in [0.29, 0.717) is 5.82 Å². The maximum Gasteiger partial charge on any atom is 0.145 e. The van der Waals surface area contributed by atoms with Gasteiger partial charge in [-0.2, -0.15) is 0 Å². The minimum Gasteiger partial charge on any atom is -0.347 e. The smallest absolute Gasteiger partial charge is 0.145 e. The first-order chi connectivity index (χ1) is 10.3. The Bertz CT molecular complexity index is 588. The standard InChI is InChI=1S/C15H20N6/c1-20-7-8-21(15-9-14(19-16)17-11-18-15)13(10-20)12-5-3-2-4-6-12/h2-6,9,11,13H,7-8,10,16H2,1H3,(H,17,18,19). The van der Waals surface area contributed by atoms with E-state index in [0.717, 1.165) is 25.5 Å². The lowest BCUT2D eigenvalue weighted by molar-refractivity contribution is 0.268. The first kappa shape index (κ1) is 13.8. The van der Waals surface area contributed by atoms with E-state index < -0.39 is 0 Å². The van der Waals surface area contributed by atoms with Crippen molar-refractivity contribution in [1.29, 1.82) is 0 Å². The van der Waals surface area contributed by atoms with Crippen LogP contribution in [-0.4, -0.2) is 41.5 Å². The van der Waals surface area contributed by atoms with E-state index in [2.05, 4.69) is 56.5 Å². The summed E-state index contributed by atoms with van der Waals surface area (Å²) in [6.07, 6.45) is 1.55. The first-order valence-corrected chi connectivity index (χ1v) is 7.06. The lowest BCUT2D eigenvalue weighted by atomic mass is 10.0. The zero-order valence-electron chi connectivity index (χ0n) is 12.1. The molecule has 3 rings (SSSR count). The molecule has 2 aromatic rings. The van der Waals surface area contributed by atoms with Gasteiger partial charge in [-0.1, -0.05) is 30.3 Å². The van der Waals surface area contributed by atoms with Gasteiger partial charge in [0.15, 0.2) is 0 Å². The molecule has 6 nitrogen and oxygen atoms in total.